The Bertz CT molecular complexity index is 1120. The summed E-state index contributed by atoms with van der Waals surface area (Å²) in [5, 5.41) is 3.87. The molecule has 0 atom stereocenters. The van der Waals surface area contributed by atoms with E-state index < -0.39 is 0 Å². The molecule has 0 aliphatic rings. The van der Waals surface area contributed by atoms with Gasteiger partial charge in [-0.2, -0.15) is 0 Å². The van der Waals surface area contributed by atoms with Crippen molar-refractivity contribution in [1.29, 1.82) is 0 Å². The minimum Gasteiger partial charge on any atom is -0.322 e. The molecule has 0 bridgehead atoms. The number of anilines is 1. The third kappa shape index (κ3) is 3.32. The lowest BCUT2D eigenvalue weighted by atomic mass is 9.96. The van der Waals surface area contributed by atoms with Gasteiger partial charge in [0.15, 0.2) is 0 Å². The number of nitrogens with one attached hydrogen (secondary N) is 1. The van der Waals surface area contributed by atoms with E-state index in [1.165, 1.54) is 5.56 Å². The van der Waals surface area contributed by atoms with Crippen molar-refractivity contribution in [3.8, 4) is 11.3 Å². The molecule has 1 amide bonds. The molecular weight excluding hydrogens is 332 g/mol. The lowest BCUT2D eigenvalue weighted by Gasteiger charge is -2.15. The van der Waals surface area contributed by atoms with Gasteiger partial charge in [0.2, 0.25) is 0 Å². The summed E-state index contributed by atoms with van der Waals surface area (Å²) < 4.78 is 0. The van der Waals surface area contributed by atoms with Gasteiger partial charge in [0.05, 0.1) is 16.8 Å². The fraction of sp³-hybridized carbons (Fsp3) is 0.0833. The molecule has 4 aromatic rings. The summed E-state index contributed by atoms with van der Waals surface area (Å²) in [6.45, 7) is 4.03. The Hall–Kier alpha value is -3.46. The van der Waals surface area contributed by atoms with Gasteiger partial charge in [0, 0.05) is 16.6 Å². The predicted octanol–water partition coefficient (Wildman–Crippen LogP) is 5.77. The highest BCUT2D eigenvalue weighted by molar-refractivity contribution is 6.14. The molecule has 0 unspecified atom stereocenters. The van der Waals surface area contributed by atoms with Crippen molar-refractivity contribution >= 4 is 22.5 Å². The summed E-state index contributed by atoms with van der Waals surface area (Å²) in [4.78, 5) is 18.0. The molecule has 0 radical (unpaired) electrons. The maximum absolute atomic E-state index is 13.1. The number of hydrogen-bond acceptors (Lipinski definition) is 2. The normalized spacial score (nSPS) is 10.7. The van der Waals surface area contributed by atoms with Gasteiger partial charge >= 0.3 is 0 Å². The van der Waals surface area contributed by atoms with Gasteiger partial charge < -0.3 is 5.32 Å². The quantitative estimate of drug-likeness (QED) is 0.508. The Morgan fingerprint density at radius 3 is 2.22 bits per heavy atom. The second-order valence-corrected chi connectivity index (χ2v) is 6.66. The molecule has 3 heteroatoms. The third-order valence-electron chi connectivity index (χ3n) is 4.72. The number of hydrogen-bond donors (Lipinski definition) is 1. The van der Waals surface area contributed by atoms with E-state index in [1.807, 2.05) is 61.5 Å². The molecule has 0 saturated heterocycles. The highest BCUT2D eigenvalue weighted by atomic mass is 16.1. The number of amides is 1. The highest BCUT2D eigenvalue weighted by Gasteiger charge is 2.19. The maximum Gasteiger partial charge on any atom is 0.256 e. The maximum atomic E-state index is 13.1. The van der Waals surface area contributed by atoms with Crippen LogP contribution in [0.25, 0.3) is 22.2 Å². The van der Waals surface area contributed by atoms with Crippen LogP contribution in [-0.2, 0) is 0 Å². The van der Waals surface area contributed by atoms with E-state index in [2.05, 4.69) is 36.5 Å². The second kappa shape index (κ2) is 7.04. The molecular formula is C24H20N2O. The molecule has 0 aliphatic carbocycles. The molecule has 27 heavy (non-hydrogen) atoms. The number of fused-ring (bicyclic) bond motifs is 1. The summed E-state index contributed by atoms with van der Waals surface area (Å²) in [5.41, 5.74) is 6.19. The Morgan fingerprint density at radius 1 is 0.815 bits per heavy atom. The van der Waals surface area contributed by atoms with Gasteiger partial charge in [-0.1, -0.05) is 66.2 Å². The molecule has 1 heterocycles. The average molecular weight is 352 g/mol. The van der Waals surface area contributed by atoms with Gasteiger partial charge in [-0.3, -0.25) is 4.79 Å². The first kappa shape index (κ1) is 17.0. The van der Waals surface area contributed by atoms with E-state index in [1.54, 1.807) is 0 Å². The number of rotatable bonds is 3. The number of carbonyl (C=O) groups is 1. The third-order valence-corrected chi connectivity index (χ3v) is 4.72. The number of pyridine rings is 1. The van der Waals surface area contributed by atoms with Crippen LogP contribution in [0, 0.1) is 13.8 Å². The molecule has 1 aromatic heterocycles. The highest BCUT2D eigenvalue weighted by Crippen LogP contribution is 2.30. The summed E-state index contributed by atoms with van der Waals surface area (Å²) in [6.07, 6.45) is 0. The smallest absolute Gasteiger partial charge is 0.256 e. The van der Waals surface area contributed by atoms with Crippen LogP contribution >= 0.6 is 0 Å². The lowest BCUT2D eigenvalue weighted by molar-refractivity contribution is 0.102. The van der Waals surface area contributed by atoms with Gasteiger partial charge in [0.1, 0.15) is 0 Å². The van der Waals surface area contributed by atoms with Crippen molar-refractivity contribution in [2.75, 3.05) is 5.32 Å². The molecule has 4 rings (SSSR count). The minimum absolute atomic E-state index is 0.120. The van der Waals surface area contributed by atoms with Crippen LogP contribution in [0.3, 0.4) is 0 Å². The zero-order chi connectivity index (χ0) is 18.8. The van der Waals surface area contributed by atoms with Crippen molar-refractivity contribution in [2.24, 2.45) is 0 Å². The number of nitrogens with zero attached hydrogens (tertiary/aromatic N) is 1. The number of aromatic nitrogens is 1. The second-order valence-electron chi connectivity index (χ2n) is 6.66. The van der Waals surface area contributed by atoms with Gasteiger partial charge in [-0.15, -0.1) is 0 Å². The number of benzene rings is 3. The van der Waals surface area contributed by atoms with Crippen molar-refractivity contribution < 1.29 is 4.79 Å². The van der Waals surface area contributed by atoms with Crippen LogP contribution < -0.4 is 5.32 Å². The van der Waals surface area contributed by atoms with E-state index in [9.17, 15) is 4.79 Å². The first-order valence-electron chi connectivity index (χ1n) is 8.96. The number of carbonyl (C=O) groups excluding carboxylic acids is 1. The van der Waals surface area contributed by atoms with Crippen molar-refractivity contribution in [1.82, 2.24) is 4.98 Å². The summed E-state index contributed by atoms with van der Waals surface area (Å²) in [6, 6.07) is 25.5. The van der Waals surface area contributed by atoms with Crippen LogP contribution in [-0.4, -0.2) is 10.9 Å². The zero-order valence-corrected chi connectivity index (χ0v) is 15.4. The zero-order valence-electron chi connectivity index (χ0n) is 15.4. The van der Waals surface area contributed by atoms with E-state index in [0.29, 0.717) is 5.56 Å². The first-order valence-corrected chi connectivity index (χ1v) is 8.96. The minimum atomic E-state index is -0.120. The molecule has 3 nitrogen and oxygen atoms in total. The van der Waals surface area contributed by atoms with Gasteiger partial charge in [-0.05, 0) is 37.6 Å². The fourth-order valence-corrected chi connectivity index (χ4v) is 3.31. The van der Waals surface area contributed by atoms with Crippen LogP contribution in [0.1, 0.15) is 21.5 Å². The van der Waals surface area contributed by atoms with Crippen molar-refractivity contribution in [2.45, 2.75) is 13.8 Å². The molecule has 0 fully saturated rings. The average Bonchev–Trinajstić information content (AvgIpc) is 2.69. The SMILES string of the molecule is Cc1ccc(-c2nc3ccccc3c(C(=O)Nc3ccccc3)c2C)cc1. The van der Waals surface area contributed by atoms with E-state index in [4.69, 9.17) is 4.98 Å². The topological polar surface area (TPSA) is 42.0 Å². The Balaban J connectivity index is 1.89. The molecule has 0 spiro atoms. The summed E-state index contributed by atoms with van der Waals surface area (Å²) in [5.74, 6) is -0.120. The van der Waals surface area contributed by atoms with E-state index >= 15 is 0 Å². The molecule has 132 valence electrons. The number of aryl methyl sites for hydroxylation is 1. The van der Waals surface area contributed by atoms with E-state index in [0.717, 1.165) is 33.4 Å². The predicted molar refractivity (Wildman–Crippen MR) is 111 cm³/mol. The Kier molecular flexibility index (Phi) is 4.43. The summed E-state index contributed by atoms with van der Waals surface area (Å²) >= 11 is 0. The molecule has 0 aliphatic heterocycles. The Labute approximate surface area is 158 Å². The van der Waals surface area contributed by atoms with Crippen molar-refractivity contribution in [3.05, 3.63) is 95.6 Å². The van der Waals surface area contributed by atoms with Gasteiger partial charge in [0.25, 0.3) is 5.91 Å². The van der Waals surface area contributed by atoms with Crippen LogP contribution in [0.5, 0.6) is 0 Å². The largest absolute Gasteiger partial charge is 0.322 e. The van der Waals surface area contributed by atoms with Crippen molar-refractivity contribution in [3.63, 3.8) is 0 Å². The van der Waals surface area contributed by atoms with Crippen LogP contribution in [0.2, 0.25) is 0 Å². The standard InChI is InChI=1S/C24H20N2O/c1-16-12-14-18(15-13-16)23-17(2)22(20-10-6-7-11-21(20)26-23)24(27)25-19-8-4-3-5-9-19/h3-15H,1-2H3,(H,25,27). The molecule has 3 aromatic carbocycles. The van der Waals surface area contributed by atoms with Crippen LogP contribution in [0.4, 0.5) is 5.69 Å². The lowest BCUT2D eigenvalue weighted by Crippen LogP contribution is -2.15. The first-order chi connectivity index (χ1) is 13.1. The Morgan fingerprint density at radius 2 is 1.48 bits per heavy atom. The van der Waals surface area contributed by atoms with Gasteiger partial charge in [-0.25, -0.2) is 4.98 Å². The van der Waals surface area contributed by atoms with E-state index in [-0.39, 0.29) is 5.91 Å². The van der Waals surface area contributed by atoms with Crippen LogP contribution in [0.15, 0.2) is 78.9 Å². The number of para-hydroxylation sites is 2. The fourth-order valence-electron chi connectivity index (χ4n) is 3.31. The molecule has 1 N–H and O–H groups in total. The molecule has 0 saturated carbocycles. The monoisotopic (exact) mass is 352 g/mol. The summed E-state index contributed by atoms with van der Waals surface area (Å²) in [7, 11) is 0.